The van der Waals surface area contributed by atoms with Crippen LogP contribution in [0.4, 0.5) is 0 Å². The second kappa shape index (κ2) is 7.80. The first-order valence-corrected chi connectivity index (χ1v) is 8.28. The predicted molar refractivity (Wildman–Crippen MR) is 87.1 cm³/mol. The molecule has 1 aromatic rings. The largest absolute Gasteiger partial charge is 0.307 e. The quantitative estimate of drug-likeness (QED) is 0.875. The highest BCUT2D eigenvalue weighted by molar-refractivity contribution is 5.24. The molecule has 2 nitrogen and oxygen atoms in total. The number of hydrogen-bond donors (Lipinski definition) is 1. The van der Waals surface area contributed by atoms with Gasteiger partial charge in [-0.2, -0.15) is 0 Å². The molecule has 2 unspecified atom stereocenters. The Morgan fingerprint density at radius 1 is 1.15 bits per heavy atom. The lowest BCUT2D eigenvalue weighted by Gasteiger charge is -2.25. The van der Waals surface area contributed by atoms with E-state index in [2.05, 4.69) is 55.3 Å². The molecule has 1 heterocycles. The summed E-state index contributed by atoms with van der Waals surface area (Å²) in [4.78, 5) is 2.58. The van der Waals surface area contributed by atoms with Gasteiger partial charge in [0.2, 0.25) is 0 Å². The number of nitrogens with one attached hydrogen (secondary N) is 1. The van der Waals surface area contributed by atoms with Crippen LogP contribution in [-0.2, 0) is 0 Å². The van der Waals surface area contributed by atoms with Crippen molar-refractivity contribution in [3.8, 4) is 0 Å². The van der Waals surface area contributed by atoms with Gasteiger partial charge in [0.05, 0.1) is 0 Å². The van der Waals surface area contributed by atoms with Crippen molar-refractivity contribution in [1.29, 1.82) is 0 Å². The molecule has 2 rings (SSSR count). The van der Waals surface area contributed by atoms with Crippen LogP contribution in [0.15, 0.2) is 24.3 Å². The molecular weight excluding hydrogens is 244 g/mol. The maximum atomic E-state index is 3.90. The summed E-state index contributed by atoms with van der Waals surface area (Å²) in [6.45, 7) is 10.4. The summed E-state index contributed by atoms with van der Waals surface area (Å²) in [5.74, 6) is 0. The summed E-state index contributed by atoms with van der Waals surface area (Å²) in [6, 6.07) is 10.2. The minimum atomic E-state index is 0.508. The van der Waals surface area contributed by atoms with E-state index >= 15 is 0 Å². The Morgan fingerprint density at radius 2 is 1.90 bits per heavy atom. The fourth-order valence-electron chi connectivity index (χ4n) is 3.17. The molecule has 0 radical (unpaired) electrons. The van der Waals surface area contributed by atoms with E-state index in [1.165, 1.54) is 50.0 Å². The average Bonchev–Trinajstić information content (AvgIpc) is 2.71. The lowest BCUT2D eigenvalue weighted by Crippen LogP contribution is -2.33. The van der Waals surface area contributed by atoms with Crippen molar-refractivity contribution < 1.29 is 0 Å². The molecule has 20 heavy (non-hydrogen) atoms. The van der Waals surface area contributed by atoms with Gasteiger partial charge in [-0.05, 0) is 57.8 Å². The monoisotopic (exact) mass is 274 g/mol. The predicted octanol–water partition coefficient (Wildman–Crippen LogP) is 3.91. The lowest BCUT2D eigenvalue weighted by molar-refractivity contribution is 0.295. The molecule has 0 aromatic heterocycles. The van der Waals surface area contributed by atoms with Gasteiger partial charge in [0.15, 0.2) is 0 Å². The smallest absolute Gasteiger partial charge is 0.0320 e. The molecule has 1 N–H and O–H groups in total. The van der Waals surface area contributed by atoms with Crippen LogP contribution in [0.25, 0.3) is 0 Å². The molecule has 1 aliphatic heterocycles. The highest BCUT2D eigenvalue weighted by Gasteiger charge is 2.19. The third-order valence-corrected chi connectivity index (χ3v) is 4.59. The number of rotatable bonds is 5. The lowest BCUT2D eigenvalue weighted by atomic mass is 10.00. The van der Waals surface area contributed by atoms with Gasteiger partial charge in [0.1, 0.15) is 0 Å². The first kappa shape index (κ1) is 15.5. The Labute approximate surface area is 124 Å². The van der Waals surface area contributed by atoms with Gasteiger partial charge in [-0.25, -0.2) is 0 Å². The highest BCUT2D eigenvalue weighted by atomic mass is 15.1. The summed E-state index contributed by atoms with van der Waals surface area (Å²) < 4.78 is 0. The number of aryl methyl sites for hydroxylation is 1. The maximum absolute atomic E-state index is 3.90. The van der Waals surface area contributed by atoms with Gasteiger partial charge in [-0.15, -0.1) is 0 Å². The summed E-state index contributed by atoms with van der Waals surface area (Å²) in [5.41, 5.74) is 2.78. The number of likely N-dealkylation sites (tertiary alicyclic amines) is 1. The van der Waals surface area contributed by atoms with Gasteiger partial charge < -0.3 is 10.2 Å². The van der Waals surface area contributed by atoms with E-state index in [4.69, 9.17) is 0 Å². The zero-order chi connectivity index (χ0) is 14.4. The van der Waals surface area contributed by atoms with Crippen molar-refractivity contribution in [1.82, 2.24) is 10.2 Å². The van der Waals surface area contributed by atoms with Crippen molar-refractivity contribution in [2.75, 3.05) is 19.6 Å². The molecule has 1 fully saturated rings. The molecule has 112 valence electrons. The van der Waals surface area contributed by atoms with E-state index < -0.39 is 0 Å². The maximum Gasteiger partial charge on any atom is 0.0320 e. The normalized spacial score (nSPS) is 22.4. The van der Waals surface area contributed by atoms with Crippen molar-refractivity contribution in [3.05, 3.63) is 35.4 Å². The molecule has 0 spiro atoms. The molecular formula is C18H30N2. The van der Waals surface area contributed by atoms with E-state index in [0.29, 0.717) is 12.1 Å². The zero-order valence-electron chi connectivity index (χ0n) is 13.4. The average molecular weight is 274 g/mol. The van der Waals surface area contributed by atoms with Crippen LogP contribution in [0.1, 0.15) is 56.7 Å². The van der Waals surface area contributed by atoms with E-state index in [-0.39, 0.29) is 0 Å². The standard InChI is InChI=1S/C18H30N2/c1-4-18(16-10-8-15(3)9-11-16)19-17-7-6-13-20(5-2)14-12-17/h8-11,17-19H,4-7,12-14H2,1-3H3. The summed E-state index contributed by atoms with van der Waals surface area (Å²) in [7, 11) is 0. The molecule has 2 atom stereocenters. The summed E-state index contributed by atoms with van der Waals surface area (Å²) in [6.07, 6.45) is 5.10. The minimum Gasteiger partial charge on any atom is -0.307 e. The van der Waals surface area contributed by atoms with Crippen molar-refractivity contribution >= 4 is 0 Å². The minimum absolute atomic E-state index is 0.508. The van der Waals surface area contributed by atoms with Crippen LogP contribution in [-0.4, -0.2) is 30.6 Å². The number of hydrogen-bond acceptors (Lipinski definition) is 2. The van der Waals surface area contributed by atoms with Crippen LogP contribution in [0, 0.1) is 6.92 Å². The summed E-state index contributed by atoms with van der Waals surface area (Å²) >= 11 is 0. The molecule has 0 aliphatic carbocycles. The molecule has 0 bridgehead atoms. The highest BCUT2D eigenvalue weighted by Crippen LogP contribution is 2.21. The van der Waals surface area contributed by atoms with Gasteiger partial charge in [-0.1, -0.05) is 43.7 Å². The molecule has 2 heteroatoms. The molecule has 0 amide bonds. The molecule has 1 aliphatic rings. The van der Waals surface area contributed by atoms with Gasteiger partial charge >= 0.3 is 0 Å². The first-order valence-electron chi connectivity index (χ1n) is 8.28. The van der Waals surface area contributed by atoms with Crippen LogP contribution in [0.3, 0.4) is 0 Å². The van der Waals surface area contributed by atoms with Crippen LogP contribution in [0.5, 0.6) is 0 Å². The van der Waals surface area contributed by atoms with E-state index in [1.54, 1.807) is 0 Å². The van der Waals surface area contributed by atoms with Crippen molar-refractivity contribution in [2.45, 2.75) is 58.5 Å². The van der Waals surface area contributed by atoms with E-state index in [0.717, 1.165) is 6.42 Å². The molecule has 0 saturated carbocycles. The topological polar surface area (TPSA) is 15.3 Å². The second-order valence-corrected chi connectivity index (χ2v) is 6.10. The Hall–Kier alpha value is -0.860. The zero-order valence-corrected chi connectivity index (χ0v) is 13.4. The Bertz CT molecular complexity index is 385. The fourth-order valence-corrected chi connectivity index (χ4v) is 3.17. The first-order chi connectivity index (χ1) is 9.72. The van der Waals surface area contributed by atoms with Crippen LogP contribution < -0.4 is 5.32 Å². The molecule has 1 saturated heterocycles. The number of nitrogens with zero attached hydrogens (tertiary/aromatic N) is 1. The van der Waals surface area contributed by atoms with Gasteiger partial charge in [-0.3, -0.25) is 0 Å². The third kappa shape index (κ3) is 4.32. The Morgan fingerprint density at radius 3 is 2.55 bits per heavy atom. The third-order valence-electron chi connectivity index (χ3n) is 4.59. The summed E-state index contributed by atoms with van der Waals surface area (Å²) in [5, 5.41) is 3.90. The Balaban J connectivity index is 1.94. The fraction of sp³-hybridized carbons (Fsp3) is 0.667. The van der Waals surface area contributed by atoms with Crippen molar-refractivity contribution in [3.63, 3.8) is 0 Å². The van der Waals surface area contributed by atoms with E-state index in [1.807, 2.05) is 0 Å². The number of benzene rings is 1. The Kier molecular flexibility index (Phi) is 6.06. The van der Waals surface area contributed by atoms with Gasteiger partial charge in [0.25, 0.3) is 0 Å². The van der Waals surface area contributed by atoms with Crippen LogP contribution >= 0.6 is 0 Å². The SMILES string of the molecule is CCC(NC1CCCN(CC)CC1)c1ccc(C)cc1. The van der Waals surface area contributed by atoms with Crippen molar-refractivity contribution in [2.24, 2.45) is 0 Å². The van der Waals surface area contributed by atoms with E-state index in [9.17, 15) is 0 Å². The molecule has 1 aromatic carbocycles. The second-order valence-electron chi connectivity index (χ2n) is 6.10. The van der Waals surface area contributed by atoms with Gasteiger partial charge in [0, 0.05) is 12.1 Å². The van der Waals surface area contributed by atoms with Crippen LogP contribution in [0.2, 0.25) is 0 Å².